The Balaban J connectivity index is 3.14. The fourth-order valence-corrected chi connectivity index (χ4v) is 1.67. The fourth-order valence-electron chi connectivity index (χ4n) is 1.67. The molecule has 0 bridgehead atoms. The molecular formula is C14H23NO3. The Bertz CT molecular complexity index is 366. The molecule has 1 rings (SSSR count). The van der Waals surface area contributed by atoms with E-state index in [4.69, 9.17) is 14.2 Å². The zero-order valence-corrected chi connectivity index (χ0v) is 12.1. The summed E-state index contributed by atoms with van der Waals surface area (Å²) in [4.78, 5) is 2.23. The smallest absolute Gasteiger partial charge is 0.130 e. The van der Waals surface area contributed by atoms with Crippen molar-refractivity contribution in [2.24, 2.45) is 0 Å². The van der Waals surface area contributed by atoms with E-state index in [1.54, 1.807) is 21.3 Å². The van der Waals surface area contributed by atoms with Gasteiger partial charge in [0, 0.05) is 24.7 Å². The van der Waals surface area contributed by atoms with Gasteiger partial charge < -0.3 is 14.2 Å². The Morgan fingerprint density at radius 1 is 1.00 bits per heavy atom. The SMILES string of the molecule is COc1cc(OC)c(CN(C)C(C)C)c(OC)c1. The molecule has 0 heterocycles. The third-order valence-corrected chi connectivity index (χ3v) is 3.11. The number of methoxy groups -OCH3 is 3. The van der Waals surface area contributed by atoms with Gasteiger partial charge in [0.25, 0.3) is 0 Å². The number of nitrogens with zero attached hydrogens (tertiary/aromatic N) is 1. The van der Waals surface area contributed by atoms with Gasteiger partial charge in [-0.15, -0.1) is 0 Å². The van der Waals surface area contributed by atoms with E-state index in [9.17, 15) is 0 Å². The van der Waals surface area contributed by atoms with Crippen LogP contribution in [0.3, 0.4) is 0 Å². The number of benzene rings is 1. The predicted octanol–water partition coefficient (Wildman–Crippen LogP) is 2.55. The van der Waals surface area contributed by atoms with E-state index in [-0.39, 0.29) is 0 Å². The van der Waals surface area contributed by atoms with Gasteiger partial charge in [0.1, 0.15) is 17.2 Å². The van der Waals surface area contributed by atoms with Crippen LogP contribution in [0.2, 0.25) is 0 Å². The highest BCUT2D eigenvalue weighted by Crippen LogP contribution is 2.34. The molecule has 18 heavy (non-hydrogen) atoms. The van der Waals surface area contributed by atoms with Crippen LogP contribution in [-0.4, -0.2) is 39.3 Å². The van der Waals surface area contributed by atoms with Crippen LogP contribution in [0.15, 0.2) is 12.1 Å². The van der Waals surface area contributed by atoms with Gasteiger partial charge in [-0.2, -0.15) is 0 Å². The first-order valence-corrected chi connectivity index (χ1v) is 6.02. The first-order chi connectivity index (χ1) is 8.53. The van der Waals surface area contributed by atoms with Crippen LogP contribution in [0.4, 0.5) is 0 Å². The highest BCUT2D eigenvalue weighted by atomic mass is 16.5. The lowest BCUT2D eigenvalue weighted by atomic mass is 10.1. The van der Waals surface area contributed by atoms with Gasteiger partial charge in [-0.05, 0) is 20.9 Å². The van der Waals surface area contributed by atoms with Crippen LogP contribution >= 0.6 is 0 Å². The maximum Gasteiger partial charge on any atom is 0.130 e. The van der Waals surface area contributed by atoms with Crippen molar-refractivity contribution in [3.8, 4) is 17.2 Å². The molecule has 0 saturated heterocycles. The number of hydrogen-bond donors (Lipinski definition) is 0. The molecule has 0 amide bonds. The molecule has 0 fully saturated rings. The lowest BCUT2D eigenvalue weighted by molar-refractivity contribution is 0.255. The van der Waals surface area contributed by atoms with E-state index in [1.165, 1.54) is 0 Å². The van der Waals surface area contributed by atoms with Gasteiger partial charge >= 0.3 is 0 Å². The van der Waals surface area contributed by atoms with E-state index in [2.05, 4.69) is 25.8 Å². The second kappa shape index (κ2) is 6.50. The van der Waals surface area contributed by atoms with Crippen molar-refractivity contribution in [3.63, 3.8) is 0 Å². The molecule has 4 nitrogen and oxygen atoms in total. The molecule has 0 spiro atoms. The average Bonchev–Trinajstić information content (AvgIpc) is 2.38. The largest absolute Gasteiger partial charge is 0.496 e. The van der Waals surface area contributed by atoms with Crippen LogP contribution in [0.5, 0.6) is 17.2 Å². The molecule has 1 aromatic rings. The Morgan fingerprint density at radius 2 is 1.50 bits per heavy atom. The van der Waals surface area contributed by atoms with Crippen molar-refractivity contribution in [1.29, 1.82) is 0 Å². The molecular weight excluding hydrogens is 230 g/mol. The molecule has 0 saturated carbocycles. The van der Waals surface area contributed by atoms with Gasteiger partial charge in [-0.25, -0.2) is 0 Å². The third-order valence-electron chi connectivity index (χ3n) is 3.11. The zero-order valence-electron chi connectivity index (χ0n) is 12.1. The van der Waals surface area contributed by atoms with E-state index in [0.29, 0.717) is 6.04 Å². The van der Waals surface area contributed by atoms with Gasteiger partial charge in [-0.3, -0.25) is 4.90 Å². The topological polar surface area (TPSA) is 30.9 Å². The highest BCUT2D eigenvalue weighted by molar-refractivity contribution is 5.50. The maximum absolute atomic E-state index is 5.42. The first kappa shape index (κ1) is 14.6. The van der Waals surface area contributed by atoms with Crippen LogP contribution in [0.1, 0.15) is 19.4 Å². The monoisotopic (exact) mass is 253 g/mol. The summed E-state index contributed by atoms with van der Waals surface area (Å²) in [7, 11) is 7.03. The standard InChI is InChI=1S/C14H23NO3/c1-10(2)15(3)9-12-13(17-5)7-11(16-4)8-14(12)18-6/h7-8,10H,9H2,1-6H3. The minimum atomic E-state index is 0.460. The predicted molar refractivity (Wildman–Crippen MR) is 72.7 cm³/mol. The van der Waals surface area contributed by atoms with Crippen LogP contribution in [0.25, 0.3) is 0 Å². The van der Waals surface area contributed by atoms with Crippen molar-refractivity contribution in [2.75, 3.05) is 28.4 Å². The molecule has 0 aromatic heterocycles. The Labute approximate surface area is 109 Å². The normalized spacial score (nSPS) is 10.9. The van der Waals surface area contributed by atoms with E-state index in [1.807, 2.05) is 12.1 Å². The summed E-state index contributed by atoms with van der Waals surface area (Å²) in [6, 6.07) is 4.22. The van der Waals surface area contributed by atoms with Gasteiger partial charge in [0.05, 0.1) is 26.9 Å². The number of ether oxygens (including phenoxy) is 3. The molecule has 4 heteroatoms. The molecule has 0 radical (unpaired) electrons. The van der Waals surface area contributed by atoms with Crippen molar-refractivity contribution in [1.82, 2.24) is 4.90 Å². The van der Waals surface area contributed by atoms with E-state index in [0.717, 1.165) is 29.4 Å². The summed E-state index contributed by atoms with van der Waals surface area (Å²) >= 11 is 0. The lowest BCUT2D eigenvalue weighted by Gasteiger charge is -2.23. The first-order valence-electron chi connectivity index (χ1n) is 6.02. The molecule has 1 aromatic carbocycles. The molecule has 0 aliphatic heterocycles. The summed E-state index contributed by atoms with van der Waals surface area (Å²) in [5, 5.41) is 0. The van der Waals surface area contributed by atoms with Crippen LogP contribution in [0, 0.1) is 0 Å². The second-order valence-electron chi connectivity index (χ2n) is 4.52. The Morgan fingerprint density at radius 3 is 1.83 bits per heavy atom. The lowest BCUT2D eigenvalue weighted by Crippen LogP contribution is -2.26. The van der Waals surface area contributed by atoms with Crippen molar-refractivity contribution in [2.45, 2.75) is 26.4 Å². The average molecular weight is 253 g/mol. The van der Waals surface area contributed by atoms with Crippen molar-refractivity contribution in [3.05, 3.63) is 17.7 Å². The Hall–Kier alpha value is -1.42. The minimum absolute atomic E-state index is 0.460. The van der Waals surface area contributed by atoms with Crippen LogP contribution in [-0.2, 0) is 6.54 Å². The molecule has 0 unspecified atom stereocenters. The molecule has 0 aliphatic rings. The molecule has 102 valence electrons. The summed E-state index contributed by atoms with van der Waals surface area (Å²) in [5.74, 6) is 2.32. The maximum atomic E-state index is 5.42. The number of rotatable bonds is 6. The minimum Gasteiger partial charge on any atom is -0.496 e. The molecule has 0 atom stereocenters. The zero-order chi connectivity index (χ0) is 13.7. The highest BCUT2D eigenvalue weighted by Gasteiger charge is 2.16. The van der Waals surface area contributed by atoms with Crippen molar-refractivity contribution >= 4 is 0 Å². The van der Waals surface area contributed by atoms with Crippen molar-refractivity contribution < 1.29 is 14.2 Å². The summed E-state index contributed by atoms with van der Waals surface area (Å²) in [6.45, 7) is 5.08. The third kappa shape index (κ3) is 3.29. The van der Waals surface area contributed by atoms with E-state index < -0.39 is 0 Å². The fraction of sp³-hybridized carbons (Fsp3) is 0.571. The van der Waals surface area contributed by atoms with Crippen LogP contribution < -0.4 is 14.2 Å². The van der Waals surface area contributed by atoms with E-state index >= 15 is 0 Å². The van der Waals surface area contributed by atoms with Gasteiger partial charge in [0.15, 0.2) is 0 Å². The summed E-state index contributed by atoms with van der Waals surface area (Å²) in [5.41, 5.74) is 1.04. The summed E-state index contributed by atoms with van der Waals surface area (Å²) < 4.78 is 16.1. The quantitative estimate of drug-likeness (QED) is 0.779. The van der Waals surface area contributed by atoms with Gasteiger partial charge in [-0.1, -0.05) is 0 Å². The number of hydrogen-bond acceptors (Lipinski definition) is 4. The Kier molecular flexibility index (Phi) is 5.28. The van der Waals surface area contributed by atoms with Gasteiger partial charge in [0.2, 0.25) is 0 Å². The molecule has 0 N–H and O–H groups in total. The summed E-state index contributed by atoms with van der Waals surface area (Å²) in [6.07, 6.45) is 0. The second-order valence-corrected chi connectivity index (χ2v) is 4.52. The molecule has 0 aliphatic carbocycles.